The summed E-state index contributed by atoms with van der Waals surface area (Å²) in [6, 6.07) is 1.13. The third-order valence-electron chi connectivity index (χ3n) is 2.47. The predicted octanol–water partition coefficient (Wildman–Crippen LogP) is 1.88. The van der Waals surface area contributed by atoms with Crippen molar-refractivity contribution in [2.24, 2.45) is 0 Å². The summed E-state index contributed by atoms with van der Waals surface area (Å²) in [5, 5.41) is 8.87. The van der Waals surface area contributed by atoms with E-state index in [1.54, 1.807) is 0 Å². The highest BCUT2D eigenvalue weighted by atomic mass is 16.3. The lowest BCUT2D eigenvalue weighted by Gasteiger charge is -2.30. The Morgan fingerprint density at radius 2 is 1.83 bits per heavy atom. The molecule has 0 aromatic heterocycles. The van der Waals surface area contributed by atoms with E-state index in [1.807, 2.05) is 0 Å². The second-order valence-corrected chi connectivity index (χ2v) is 3.71. The second-order valence-electron chi connectivity index (χ2n) is 3.71. The van der Waals surface area contributed by atoms with Crippen LogP contribution in [0.1, 0.15) is 40.0 Å². The first-order valence-electron chi connectivity index (χ1n) is 4.96. The van der Waals surface area contributed by atoms with Crippen LogP contribution in [0.15, 0.2) is 0 Å². The maximum atomic E-state index is 8.87. The number of nitrogens with zero attached hydrogens (tertiary/aromatic N) is 1. The van der Waals surface area contributed by atoms with Gasteiger partial charge in [-0.25, -0.2) is 0 Å². The van der Waals surface area contributed by atoms with Crippen LogP contribution in [0.3, 0.4) is 0 Å². The Labute approximate surface area is 76.6 Å². The fourth-order valence-corrected chi connectivity index (χ4v) is 1.46. The highest BCUT2D eigenvalue weighted by molar-refractivity contribution is 4.70. The van der Waals surface area contributed by atoms with Crippen molar-refractivity contribution in [2.45, 2.75) is 52.1 Å². The Morgan fingerprint density at radius 1 is 1.25 bits per heavy atom. The Hall–Kier alpha value is -0.0800. The summed E-state index contributed by atoms with van der Waals surface area (Å²) < 4.78 is 0. The molecule has 1 N–H and O–H groups in total. The average Bonchev–Trinajstić information content (AvgIpc) is 2.03. The van der Waals surface area contributed by atoms with Crippen LogP contribution in [0.2, 0.25) is 0 Å². The summed E-state index contributed by atoms with van der Waals surface area (Å²) in [7, 11) is 2.14. The number of hydrogen-bond donors (Lipinski definition) is 1. The van der Waals surface area contributed by atoms with E-state index in [0.717, 1.165) is 6.42 Å². The topological polar surface area (TPSA) is 23.5 Å². The van der Waals surface area contributed by atoms with Crippen LogP contribution in [0, 0.1) is 0 Å². The summed E-state index contributed by atoms with van der Waals surface area (Å²) in [6.07, 6.45) is 3.29. The smallest absolute Gasteiger partial charge is 0.0445 e. The van der Waals surface area contributed by atoms with E-state index in [2.05, 4.69) is 32.7 Å². The quantitative estimate of drug-likeness (QED) is 0.663. The molecule has 0 aliphatic carbocycles. The van der Waals surface area contributed by atoms with E-state index in [-0.39, 0.29) is 0 Å². The lowest BCUT2D eigenvalue weighted by Crippen LogP contribution is -2.37. The molecular formula is C10H23NO. The highest BCUT2D eigenvalue weighted by Crippen LogP contribution is 2.11. The summed E-state index contributed by atoms with van der Waals surface area (Å²) in [5.74, 6) is 0. The van der Waals surface area contributed by atoms with Crippen LogP contribution < -0.4 is 0 Å². The summed E-state index contributed by atoms with van der Waals surface area (Å²) in [5.41, 5.74) is 0. The molecule has 0 aromatic carbocycles. The van der Waals surface area contributed by atoms with Crippen LogP contribution in [0.25, 0.3) is 0 Å². The average molecular weight is 173 g/mol. The van der Waals surface area contributed by atoms with Crippen molar-refractivity contribution in [1.82, 2.24) is 4.90 Å². The van der Waals surface area contributed by atoms with E-state index in [9.17, 15) is 0 Å². The van der Waals surface area contributed by atoms with Gasteiger partial charge in [0.05, 0.1) is 0 Å². The van der Waals surface area contributed by atoms with Crippen molar-refractivity contribution in [3.05, 3.63) is 0 Å². The zero-order valence-corrected chi connectivity index (χ0v) is 8.88. The zero-order valence-electron chi connectivity index (χ0n) is 8.88. The minimum absolute atomic E-state index is 0.307. The fraction of sp³-hybridized carbons (Fsp3) is 1.00. The van der Waals surface area contributed by atoms with Crippen LogP contribution in [-0.2, 0) is 0 Å². The summed E-state index contributed by atoms with van der Waals surface area (Å²) >= 11 is 0. The molecule has 0 rings (SSSR count). The van der Waals surface area contributed by atoms with Crippen LogP contribution in [0.5, 0.6) is 0 Å². The molecule has 0 saturated heterocycles. The maximum absolute atomic E-state index is 8.87. The standard InChI is InChI=1S/C10H23NO/c1-5-6-10(7-8-12)11(4)9(2)3/h9-10,12H,5-8H2,1-4H3. The molecule has 0 aliphatic heterocycles. The molecule has 2 heteroatoms. The molecule has 0 bridgehead atoms. The van der Waals surface area contributed by atoms with E-state index in [1.165, 1.54) is 12.8 Å². The van der Waals surface area contributed by atoms with Gasteiger partial charge in [-0.2, -0.15) is 0 Å². The lowest BCUT2D eigenvalue weighted by molar-refractivity contribution is 0.147. The van der Waals surface area contributed by atoms with E-state index in [4.69, 9.17) is 5.11 Å². The van der Waals surface area contributed by atoms with Crippen LogP contribution >= 0.6 is 0 Å². The number of rotatable bonds is 6. The third kappa shape index (κ3) is 4.07. The zero-order chi connectivity index (χ0) is 9.56. The lowest BCUT2D eigenvalue weighted by atomic mass is 10.1. The number of aliphatic hydroxyl groups excluding tert-OH is 1. The molecule has 0 aromatic rings. The molecule has 0 spiro atoms. The van der Waals surface area contributed by atoms with Gasteiger partial charge in [-0.3, -0.25) is 0 Å². The highest BCUT2D eigenvalue weighted by Gasteiger charge is 2.15. The van der Waals surface area contributed by atoms with Gasteiger partial charge in [0.25, 0.3) is 0 Å². The Kier molecular flexibility index (Phi) is 6.39. The van der Waals surface area contributed by atoms with Gasteiger partial charge in [0.2, 0.25) is 0 Å². The number of aliphatic hydroxyl groups is 1. The molecule has 12 heavy (non-hydrogen) atoms. The Balaban J connectivity index is 3.89. The van der Waals surface area contributed by atoms with Crippen molar-refractivity contribution in [3.63, 3.8) is 0 Å². The molecule has 0 amide bonds. The largest absolute Gasteiger partial charge is 0.396 e. The van der Waals surface area contributed by atoms with Gasteiger partial charge in [-0.15, -0.1) is 0 Å². The molecule has 0 aliphatic rings. The van der Waals surface area contributed by atoms with Gasteiger partial charge >= 0.3 is 0 Å². The molecule has 0 heterocycles. The van der Waals surface area contributed by atoms with Crippen LogP contribution in [-0.4, -0.2) is 35.7 Å². The minimum atomic E-state index is 0.307. The molecule has 1 unspecified atom stereocenters. The molecule has 1 atom stereocenters. The van der Waals surface area contributed by atoms with Gasteiger partial charge in [-0.05, 0) is 33.7 Å². The molecule has 2 nitrogen and oxygen atoms in total. The summed E-state index contributed by atoms with van der Waals surface area (Å²) in [4.78, 5) is 2.35. The normalized spacial score (nSPS) is 14.2. The first-order valence-corrected chi connectivity index (χ1v) is 4.96. The molecule has 74 valence electrons. The first kappa shape index (κ1) is 11.9. The van der Waals surface area contributed by atoms with Crippen molar-refractivity contribution in [1.29, 1.82) is 0 Å². The van der Waals surface area contributed by atoms with Gasteiger partial charge < -0.3 is 10.0 Å². The predicted molar refractivity (Wildman–Crippen MR) is 53.3 cm³/mol. The van der Waals surface area contributed by atoms with E-state index in [0.29, 0.717) is 18.7 Å². The minimum Gasteiger partial charge on any atom is -0.396 e. The molecule has 0 fully saturated rings. The van der Waals surface area contributed by atoms with Crippen molar-refractivity contribution in [2.75, 3.05) is 13.7 Å². The van der Waals surface area contributed by atoms with E-state index >= 15 is 0 Å². The number of hydrogen-bond acceptors (Lipinski definition) is 2. The SMILES string of the molecule is CCCC(CCO)N(C)C(C)C. The van der Waals surface area contributed by atoms with E-state index < -0.39 is 0 Å². The van der Waals surface area contributed by atoms with Gasteiger partial charge in [0, 0.05) is 18.7 Å². The van der Waals surface area contributed by atoms with Gasteiger partial charge in [-0.1, -0.05) is 13.3 Å². The third-order valence-corrected chi connectivity index (χ3v) is 2.47. The maximum Gasteiger partial charge on any atom is 0.0445 e. The fourth-order valence-electron chi connectivity index (χ4n) is 1.46. The van der Waals surface area contributed by atoms with Crippen molar-refractivity contribution >= 4 is 0 Å². The van der Waals surface area contributed by atoms with Crippen molar-refractivity contribution < 1.29 is 5.11 Å². The first-order chi connectivity index (χ1) is 5.63. The Bertz CT molecular complexity index is 98.0. The molecule has 0 saturated carbocycles. The Morgan fingerprint density at radius 3 is 2.17 bits per heavy atom. The van der Waals surface area contributed by atoms with Crippen LogP contribution in [0.4, 0.5) is 0 Å². The second kappa shape index (κ2) is 6.44. The molecule has 0 radical (unpaired) electrons. The molecular weight excluding hydrogens is 150 g/mol. The van der Waals surface area contributed by atoms with Gasteiger partial charge in [0.1, 0.15) is 0 Å². The monoisotopic (exact) mass is 173 g/mol. The van der Waals surface area contributed by atoms with Crippen molar-refractivity contribution in [3.8, 4) is 0 Å². The van der Waals surface area contributed by atoms with Gasteiger partial charge in [0.15, 0.2) is 0 Å². The summed E-state index contributed by atoms with van der Waals surface area (Å²) in [6.45, 7) is 6.89.